The minimum absolute atomic E-state index is 0.0175. The lowest BCUT2D eigenvalue weighted by atomic mass is 9.98. The Morgan fingerprint density at radius 1 is 0.762 bits per heavy atom. The number of carbonyl (C=O) groups is 6. The van der Waals surface area contributed by atoms with Crippen molar-refractivity contribution in [3.05, 3.63) is 29.3 Å². The van der Waals surface area contributed by atoms with Crippen molar-refractivity contribution in [2.75, 3.05) is 13.2 Å². The lowest BCUT2D eigenvalue weighted by Gasteiger charge is -2.43. The van der Waals surface area contributed by atoms with Gasteiger partial charge in [-0.3, -0.25) is 19.2 Å². The first-order valence-electron chi connectivity index (χ1n) is 21.5. The lowest BCUT2D eigenvalue weighted by molar-refractivity contribution is -0.324. The van der Waals surface area contributed by atoms with Crippen LogP contribution >= 0.6 is 0 Å². The quantitative estimate of drug-likeness (QED) is 0.0230. The number of aliphatic hydroxyl groups excluding tert-OH is 5. The number of unbranched alkanes of at least 4 members (excludes halogenated alkanes) is 12. The van der Waals surface area contributed by atoms with Crippen molar-refractivity contribution in [1.29, 1.82) is 0 Å². The Labute approximate surface area is 366 Å². The molecule has 63 heavy (non-hydrogen) atoms. The van der Waals surface area contributed by atoms with E-state index < -0.39 is 117 Å². The molecule has 0 amide bonds. The molecule has 0 unspecified atom stereocenters. The number of esters is 4. The Morgan fingerprint density at radius 2 is 1.33 bits per heavy atom. The molecular weight excluding hydrogens is 836 g/mol. The third kappa shape index (κ3) is 19.9. The lowest BCUT2D eigenvalue weighted by Crippen LogP contribution is -2.62. The number of carboxylic acids is 2. The molecule has 1 saturated heterocycles. The first-order valence-corrected chi connectivity index (χ1v) is 21.5. The number of carboxylic acid groups (broad SMARTS) is 2. The summed E-state index contributed by atoms with van der Waals surface area (Å²) in [7, 11) is 0. The number of phenols is 1. The van der Waals surface area contributed by atoms with Crippen molar-refractivity contribution in [2.24, 2.45) is 0 Å². The second-order valence-electron chi connectivity index (χ2n) is 15.7. The van der Waals surface area contributed by atoms with Gasteiger partial charge in [-0.05, 0) is 44.2 Å². The maximum Gasteiger partial charge on any atom is 0.350 e. The fraction of sp³-hybridized carbons (Fsp3) is 0.721. The van der Waals surface area contributed by atoms with E-state index in [4.69, 9.17) is 33.5 Å². The van der Waals surface area contributed by atoms with Crippen molar-refractivity contribution in [1.82, 2.24) is 0 Å². The highest BCUT2D eigenvalue weighted by Crippen LogP contribution is 2.28. The maximum atomic E-state index is 13.3. The summed E-state index contributed by atoms with van der Waals surface area (Å²) in [5.41, 5.74) is 0.633. The first-order chi connectivity index (χ1) is 29.9. The molecule has 0 radical (unpaired) electrons. The van der Waals surface area contributed by atoms with Crippen LogP contribution in [0.3, 0.4) is 0 Å². The molecule has 1 aromatic rings. The molecule has 0 spiro atoms. The zero-order chi connectivity index (χ0) is 47.1. The Balaban J connectivity index is 1.83. The van der Waals surface area contributed by atoms with Gasteiger partial charge in [-0.1, -0.05) is 82.8 Å². The van der Waals surface area contributed by atoms with E-state index in [9.17, 15) is 64.5 Å². The van der Waals surface area contributed by atoms with Crippen LogP contribution in [-0.2, 0) is 58.8 Å². The topological polar surface area (TPSA) is 320 Å². The summed E-state index contributed by atoms with van der Waals surface area (Å²) in [4.78, 5) is 71.6. The molecule has 0 aromatic heterocycles. The third-order valence-electron chi connectivity index (χ3n) is 10.4. The van der Waals surface area contributed by atoms with Gasteiger partial charge in [0.2, 0.25) is 6.10 Å². The highest BCUT2D eigenvalue weighted by Gasteiger charge is 2.50. The Hall–Kier alpha value is -4.44. The van der Waals surface area contributed by atoms with Crippen LogP contribution in [0.4, 0.5) is 0 Å². The SMILES string of the molecule is CC(=O)O[C@H]1[C@H](O[C@@H](COC(=O)CC(=O)O)[C@@H](O)[C@H](O)[C@H](OC(C)=O)C(=O)O[C@@H](C)CCCCCCCCCCCCCCCc2cccc(O)c2C(=O)O)O[C@H](CO)[C@@H](O)[C@H]1O. The van der Waals surface area contributed by atoms with E-state index in [0.29, 0.717) is 24.8 Å². The van der Waals surface area contributed by atoms with Gasteiger partial charge in [-0.15, -0.1) is 0 Å². The average molecular weight is 903 g/mol. The van der Waals surface area contributed by atoms with Crippen LogP contribution < -0.4 is 0 Å². The molecule has 1 aliphatic heterocycles. The van der Waals surface area contributed by atoms with Crippen LogP contribution in [0.25, 0.3) is 0 Å². The second kappa shape index (κ2) is 29.1. The number of rotatable bonds is 31. The van der Waals surface area contributed by atoms with Gasteiger partial charge in [-0.25, -0.2) is 9.59 Å². The molecule has 1 fully saturated rings. The first kappa shape index (κ1) is 54.7. The number of benzene rings is 1. The van der Waals surface area contributed by atoms with Gasteiger partial charge in [0.05, 0.1) is 12.7 Å². The van der Waals surface area contributed by atoms with Crippen molar-refractivity contribution in [2.45, 2.75) is 185 Å². The molecule has 0 bridgehead atoms. The molecule has 20 heteroatoms. The molecule has 2 rings (SSSR count). The number of aromatic hydroxyl groups is 1. The van der Waals surface area contributed by atoms with Gasteiger partial charge in [0.1, 0.15) is 61.0 Å². The number of aliphatic hydroxyl groups is 5. The van der Waals surface area contributed by atoms with Crippen molar-refractivity contribution < 1.29 is 98.0 Å². The smallest absolute Gasteiger partial charge is 0.350 e. The zero-order valence-corrected chi connectivity index (χ0v) is 36.2. The molecule has 8 N–H and O–H groups in total. The van der Waals surface area contributed by atoms with Gasteiger partial charge in [0.25, 0.3) is 0 Å². The Morgan fingerprint density at radius 3 is 1.86 bits per heavy atom. The van der Waals surface area contributed by atoms with Gasteiger partial charge in [0.15, 0.2) is 12.4 Å². The van der Waals surface area contributed by atoms with E-state index >= 15 is 0 Å². The maximum absolute atomic E-state index is 13.3. The van der Waals surface area contributed by atoms with Crippen molar-refractivity contribution >= 4 is 35.8 Å². The predicted molar refractivity (Wildman–Crippen MR) is 218 cm³/mol. The largest absolute Gasteiger partial charge is 0.507 e. The molecule has 20 nitrogen and oxygen atoms in total. The van der Waals surface area contributed by atoms with E-state index in [2.05, 4.69) is 0 Å². The van der Waals surface area contributed by atoms with Gasteiger partial charge in [-0.2, -0.15) is 0 Å². The van der Waals surface area contributed by atoms with Crippen LogP contribution in [0, 0.1) is 0 Å². The number of aryl methyl sites for hydroxylation is 1. The minimum atomic E-state index is -2.34. The molecule has 10 atom stereocenters. The number of aromatic carboxylic acids is 1. The summed E-state index contributed by atoms with van der Waals surface area (Å²) in [6.45, 7) is 1.58. The number of carbonyl (C=O) groups excluding carboxylic acids is 4. The fourth-order valence-electron chi connectivity index (χ4n) is 7.12. The van der Waals surface area contributed by atoms with Gasteiger partial charge in [0, 0.05) is 13.8 Å². The molecular formula is C43H66O20. The van der Waals surface area contributed by atoms with Crippen molar-refractivity contribution in [3.8, 4) is 5.75 Å². The number of ether oxygens (including phenoxy) is 6. The van der Waals surface area contributed by atoms with Gasteiger partial charge < -0.3 is 69.3 Å². The van der Waals surface area contributed by atoms with E-state index in [0.717, 1.165) is 90.9 Å². The molecule has 0 aliphatic carbocycles. The van der Waals surface area contributed by atoms with Crippen LogP contribution in [0.15, 0.2) is 18.2 Å². The van der Waals surface area contributed by atoms with E-state index in [1.165, 1.54) is 6.07 Å². The van der Waals surface area contributed by atoms with Crippen LogP contribution in [0.2, 0.25) is 0 Å². The second-order valence-corrected chi connectivity index (χ2v) is 15.7. The van der Waals surface area contributed by atoms with Crippen LogP contribution in [0.1, 0.15) is 133 Å². The Bertz CT molecular complexity index is 1590. The molecule has 1 aliphatic rings. The molecule has 1 heterocycles. The van der Waals surface area contributed by atoms with Gasteiger partial charge >= 0.3 is 35.8 Å². The van der Waals surface area contributed by atoms with Crippen molar-refractivity contribution in [3.63, 3.8) is 0 Å². The summed E-state index contributed by atoms with van der Waals surface area (Å²) in [5, 5.41) is 81.1. The average Bonchev–Trinajstić information content (AvgIpc) is 3.21. The summed E-state index contributed by atoms with van der Waals surface area (Å²) >= 11 is 0. The summed E-state index contributed by atoms with van der Waals surface area (Å²) < 4.78 is 31.4. The van der Waals surface area contributed by atoms with E-state index in [1.807, 2.05) is 0 Å². The third-order valence-corrected chi connectivity index (χ3v) is 10.4. The molecule has 358 valence electrons. The standard InChI is InChI=1S/C43H66O20/c1-25(18-15-13-11-9-7-5-4-6-8-10-12-14-16-19-28-20-17-21-29(47)34(28)41(55)56)59-42(57)39(60-26(2)45)37(53)36(52)31(24-58-33(50)22-32(48)49)63-43-40(61-27(3)46)38(54)35(51)30(23-44)62-43/h17,20-21,25,30-31,35-40,43-44,47,51-54H,4-16,18-19,22-24H2,1-3H3,(H,48,49)(H,55,56)/t25-,30+,31-,35+,36+,37-,38+,39-,40+,43-/m0/s1. The number of hydrogen-bond acceptors (Lipinski definition) is 18. The summed E-state index contributed by atoms with van der Waals surface area (Å²) in [5.74, 6) is -7.47. The highest BCUT2D eigenvalue weighted by molar-refractivity contribution is 5.92. The fourth-order valence-corrected chi connectivity index (χ4v) is 7.12. The Kier molecular flexibility index (Phi) is 25.3. The highest BCUT2D eigenvalue weighted by atomic mass is 16.7. The number of aliphatic carboxylic acids is 1. The number of hydrogen-bond donors (Lipinski definition) is 8. The summed E-state index contributed by atoms with van der Waals surface area (Å²) in [6, 6.07) is 4.78. The zero-order valence-electron chi connectivity index (χ0n) is 36.2. The van der Waals surface area contributed by atoms with E-state index in [-0.39, 0.29) is 11.3 Å². The monoisotopic (exact) mass is 902 g/mol. The normalized spacial score (nSPS) is 21.0. The molecule has 1 aromatic carbocycles. The van der Waals surface area contributed by atoms with E-state index in [1.54, 1.807) is 19.1 Å². The van der Waals surface area contributed by atoms with Crippen LogP contribution in [-0.4, -0.2) is 151 Å². The predicted octanol–water partition coefficient (Wildman–Crippen LogP) is 2.45. The van der Waals surface area contributed by atoms with Crippen LogP contribution in [0.5, 0.6) is 5.75 Å². The minimum Gasteiger partial charge on any atom is -0.507 e. The summed E-state index contributed by atoms with van der Waals surface area (Å²) in [6.07, 6.45) is -5.34. The molecule has 0 saturated carbocycles.